The van der Waals surface area contributed by atoms with Gasteiger partial charge in [-0.25, -0.2) is 9.18 Å². The third-order valence-electron chi connectivity index (χ3n) is 2.78. The number of carbonyl (C=O) groups excluding carboxylic acids is 1. The zero-order valence-corrected chi connectivity index (χ0v) is 11.9. The first-order chi connectivity index (χ1) is 9.35. The lowest BCUT2D eigenvalue weighted by atomic mass is 10.2. The molecular formula is C13H16ClFN2O3. The van der Waals surface area contributed by atoms with Crippen molar-refractivity contribution in [1.82, 2.24) is 4.90 Å². The molecule has 0 radical (unpaired) electrons. The molecule has 1 aromatic rings. The molecule has 0 spiro atoms. The maximum Gasteiger partial charge on any atom is 0.322 e. The summed E-state index contributed by atoms with van der Waals surface area (Å²) < 4.78 is 13.6. The first-order valence-corrected chi connectivity index (χ1v) is 6.47. The van der Waals surface area contributed by atoms with Crippen molar-refractivity contribution in [3.8, 4) is 0 Å². The maximum absolute atomic E-state index is 13.6. The number of carboxylic acid groups (broad SMARTS) is 1. The van der Waals surface area contributed by atoms with Crippen molar-refractivity contribution in [3.05, 3.63) is 29.0 Å². The molecule has 7 heteroatoms. The smallest absolute Gasteiger partial charge is 0.322 e. The number of hydrogen-bond donors (Lipinski definition) is 2. The molecule has 0 aliphatic rings. The van der Waals surface area contributed by atoms with E-state index < -0.39 is 23.9 Å². The van der Waals surface area contributed by atoms with E-state index in [2.05, 4.69) is 5.32 Å². The van der Waals surface area contributed by atoms with Gasteiger partial charge in [0.2, 0.25) is 0 Å². The van der Waals surface area contributed by atoms with Crippen LogP contribution in [0.5, 0.6) is 0 Å². The maximum atomic E-state index is 13.6. The van der Waals surface area contributed by atoms with Gasteiger partial charge in [0.1, 0.15) is 5.82 Å². The molecule has 1 unspecified atom stereocenters. The number of urea groups is 1. The lowest BCUT2D eigenvalue weighted by Gasteiger charge is -2.27. The summed E-state index contributed by atoms with van der Waals surface area (Å²) in [5, 5.41) is 11.4. The summed E-state index contributed by atoms with van der Waals surface area (Å²) in [5.41, 5.74) is 0.000347. The minimum atomic E-state index is -0.999. The van der Waals surface area contributed by atoms with Crippen LogP contribution in [0.3, 0.4) is 0 Å². The monoisotopic (exact) mass is 302 g/mol. The van der Waals surface area contributed by atoms with Crippen molar-refractivity contribution >= 4 is 29.3 Å². The number of carbonyl (C=O) groups is 2. The van der Waals surface area contributed by atoms with Crippen molar-refractivity contribution in [2.24, 2.45) is 0 Å². The average Bonchev–Trinajstić information content (AvgIpc) is 2.32. The highest BCUT2D eigenvalue weighted by Crippen LogP contribution is 2.19. The summed E-state index contributed by atoms with van der Waals surface area (Å²) >= 11 is 5.62. The number of amides is 2. The van der Waals surface area contributed by atoms with Gasteiger partial charge in [-0.3, -0.25) is 4.79 Å². The van der Waals surface area contributed by atoms with Crippen molar-refractivity contribution in [3.63, 3.8) is 0 Å². The van der Waals surface area contributed by atoms with Crippen molar-refractivity contribution in [2.45, 2.75) is 26.3 Å². The minimum Gasteiger partial charge on any atom is -0.481 e. The Balaban J connectivity index is 2.79. The Morgan fingerprint density at radius 3 is 2.65 bits per heavy atom. The first kappa shape index (κ1) is 16.2. The van der Waals surface area contributed by atoms with Crippen LogP contribution in [0.15, 0.2) is 18.2 Å². The molecule has 0 aliphatic carbocycles. The van der Waals surface area contributed by atoms with E-state index in [4.69, 9.17) is 16.7 Å². The normalized spacial score (nSPS) is 11.8. The zero-order chi connectivity index (χ0) is 15.3. The fourth-order valence-electron chi connectivity index (χ4n) is 1.80. The fourth-order valence-corrected chi connectivity index (χ4v) is 1.95. The number of anilines is 1. The van der Waals surface area contributed by atoms with E-state index in [9.17, 15) is 14.0 Å². The highest BCUT2D eigenvalue weighted by atomic mass is 35.5. The van der Waals surface area contributed by atoms with Gasteiger partial charge in [0.25, 0.3) is 0 Å². The second-order valence-corrected chi connectivity index (χ2v) is 4.72. The van der Waals surface area contributed by atoms with Crippen LogP contribution in [-0.4, -0.2) is 34.6 Å². The molecule has 0 heterocycles. The molecule has 20 heavy (non-hydrogen) atoms. The van der Waals surface area contributed by atoms with Gasteiger partial charge in [-0.15, -0.1) is 0 Å². The third-order valence-corrected chi connectivity index (χ3v) is 3.01. The van der Waals surface area contributed by atoms with Gasteiger partial charge >= 0.3 is 12.0 Å². The van der Waals surface area contributed by atoms with E-state index in [1.165, 1.54) is 17.0 Å². The quantitative estimate of drug-likeness (QED) is 0.877. The summed E-state index contributed by atoms with van der Waals surface area (Å²) in [6.45, 7) is 3.65. The third kappa shape index (κ3) is 4.38. The molecule has 0 saturated heterocycles. The van der Waals surface area contributed by atoms with Gasteiger partial charge in [-0.05, 0) is 32.0 Å². The first-order valence-electron chi connectivity index (χ1n) is 6.09. The fraction of sp³-hybridized carbons (Fsp3) is 0.385. The number of nitrogens with zero attached hydrogens (tertiary/aromatic N) is 1. The molecular weight excluding hydrogens is 287 g/mol. The highest BCUT2D eigenvalue weighted by Gasteiger charge is 2.21. The molecule has 0 saturated carbocycles. The molecule has 0 aromatic heterocycles. The Kier molecular flexibility index (Phi) is 5.76. The van der Waals surface area contributed by atoms with Gasteiger partial charge in [0.05, 0.1) is 12.1 Å². The summed E-state index contributed by atoms with van der Waals surface area (Å²) in [4.78, 5) is 24.0. The Morgan fingerprint density at radius 1 is 1.50 bits per heavy atom. The number of halogens is 2. The van der Waals surface area contributed by atoms with Crippen molar-refractivity contribution in [1.29, 1.82) is 0 Å². The van der Waals surface area contributed by atoms with Crippen LogP contribution >= 0.6 is 11.6 Å². The standard InChI is InChI=1S/C13H16ClFN2O3/c1-3-17(8(2)6-12(18)19)13(20)16-11-5-4-9(14)7-10(11)15/h4-5,7-8H,3,6H2,1-2H3,(H,16,20)(H,18,19). The molecule has 2 N–H and O–H groups in total. The molecule has 1 rings (SSSR count). The van der Waals surface area contributed by atoms with Crippen LogP contribution in [0.2, 0.25) is 5.02 Å². The van der Waals surface area contributed by atoms with Crippen LogP contribution in [0.25, 0.3) is 0 Å². The van der Waals surface area contributed by atoms with Crippen LogP contribution in [0, 0.1) is 5.82 Å². The summed E-state index contributed by atoms with van der Waals surface area (Å²) in [5.74, 6) is -1.64. The van der Waals surface area contributed by atoms with Crippen LogP contribution in [0.4, 0.5) is 14.9 Å². The molecule has 1 atom stereocenters. The summed E-state index contributed by atoms with van der Waals surface area (Å²) in [6.07, 6.45) is -0.176. The molecule has 0 bridgehead atoms. The molecule has 110 valence electrons. The summed E-state index contributed by atoms with van der Waals surface area (Å²) in [6, 6.07) is 2.85. The topological polar surface area (TPSA) is 69.6 Å². The number of carboxylic acids is 1. The van der Waals surface area contributed by atoms with Crippen LogP contribution < -0.4 is 5.32 Å². The van der Waals surface area contributed by atoms with Gasteiger partial charge < -0.3 is 15.3 Å². The highest BCUT2D eigenvalue weighted by molar-refractivity contribution is 6.30. The largest absolute Gasteiger partial charge is 0.481 e. The number of rotatable bonds is 5. The van der Waals surface area contributed by atoms with Crippen LogP contribution in [-0.2, 0) is 4.79 Å². The minimum absolute atomic E-state index is 0.000347. The SMILES string of the molecule is CCN(C(=O)Nc1ccc(Cl)cc1F)C(C)CC(=O)O. The predicted octanol–water partition coefficient (Wildman–Crippen LogP) is 3.20. The van der Waals surface area contributed by atoms with E-state index in [0.29, 0.717) is 6.54 Å². The van der Waals surface area contributed by atoms with E-state index in [1.807, 2.05) is 0 Å². The van der Waals surface area contributed by atoms with Gasteiger partial charge in [0.15, 0.2) is 0 Å². The number of aliphatic carboxylic acids is 1. The number of benzene rings is 1. The van der Waals surface area contributed by atoms with Crippen molar-refractivity contribution in [2.75, 3.05) is 11.9 Å². The number of hydrogen-bond acceptors (Lipinski definition) is 2. The molecule has 5 nitrogen and oxygen atoms in total. The molecule has 1 aromatic carbocycles. The lowest BCUT2D eigenvalue weighted by molar-refractivity contribution is -0.137. The van der Waals surface area contributed by atoms with Crippen molar-refractivity contribution < 1.29 is 19.1 Å². The lowest BCUT2D eigenvalue weighted by Crippen LogP contribution is -2.42. The van der Waals surface area contributed by atoms with E-state index in [1.54, 1.807) is 13.8 Å². The van der Waals surface area contributed by atoms with Crippen LogP contribution in [0.1, 0.15) is 20.3 Å². The van der Waals surface area contributed by atoms with E-state index in [-0.39, 0.29) is 17.1 Å². The Labute approximate surface area is 121 Å². The summed E-state index contributed by atoms with van der Waals surface area (Å²) in [7, 11) is 0. The van der Waals surface area contributed by atoms with Gasteiger partial charge in [-0.1, -0.05) is 11.6 Å². The zero-order valence-electron chi connectivity index (χ0n) is 11.2. The second kappa shape index (κ2) is 7.09. The Morgan fingerprint density at radius 2 is 2.15 bits per heavy atom. The van der Waals surface area contributed by atoms with E-state index >= 15 is 0 Å². The Bertz CT molecular complexity index is 510. The van der Waals surface area contributed by atoms with Gasteiger partial charge in [0, 0.05) is 17.6 Å². The molecule has 2 amide bonds. The number of nitrogens with one attached hydrogen (secondary N) is 1. The second-order valence-electron chi connectivity index (χ2n) is 4.29. The van der Waals surface area contributed by atoms with E-state index in [0.717, 1.165) is 6.07 Å². The average molecular weight is 303 g/mol. The molecule has 0 aliphatic heterocycles. The van der Waals surface area contributed by atoms with Gasteiger partial charge in [-0.2, -0.15) is 0 Å². The predicted molar refractivity (Wildman–Crippen MR) is 74.5 cm³/mol. The molecule has 0 fully saturated rings. The Hall–Kier alpha value is -1.82.